The minimum Gasteiger partial charge on any atom is -0.507 e. The highest BCUT2D eigenvalue weighted by molar-refractivity contribution is 7.85. The molecule has 0 atom stereocenters. The van der Waals surface area contributed by atoms with Crippen LogP contribution in [-0.4, -0.2) is 29.3 Å². The molecular formula is C16H13N3O4S2. The number of hydrogen-bond acceptors (Lipinski definition) is 7. The third kappa shape index (κ3) is 4.21. The molecule has 0 aliphatic heterocycles. The zero-order valence-corrected chi connectivity index (χ0v) is 14.3. The maximum atomic E-state index is 11.1. The van der Waals surface area contributed by atoms with Crippen LogP contribution in [0.3, 0.4) is 0 Å². The summed E-state index contributed by atoms with van der Waals surface area (Å²) in [6, 6.07) is 13.0. The molecule has 0 fully saturated rings. The second-order valence-corrected chi connectivity index (χ2v) is 7.25. The molecule has 3 rings (SSSR count). The fourth-order valence-corrected chi connectivity index (χ4v) is 3.20. The first kappa shape index (κ1) is 17.1. The van der Waals surface area contributed by atoms with E-state index >= 15 is 0 Å². The predicted octanol–water partition coefficient (Wildman–Crippen LogP) is 3.21. The van der Waals surface area contributed by atoms with Crippen LogP contribution in [0.1, 0.15) is 5.56 Å². The van der Waals surface area contributed by atoms with Crippen molar-refractivity contribution < 1.29 is 18.1 Å². The van der Waals surface area contributed by atoms with Gasteiger partial charge >= 0.3 is 0 Å². The highest BCUT2D eigenvalue weighted by atomic mass is 32.2. The van der Waals surface area contributed by atoms with Gasteiger partial charge < -0.3 is 5.11 Å². The number of aromatic hydroxyl groups is 1. The first-order valence-corrected chi connectivity index (χ1v) is 9.36. The Morgan fingerprint density at radius 3 is 2.64 bits per heavy atom. The third-order valence-electron chi connectivity index (χ3n) is 3.23. The number of nitrogens with one attached hydrogen (secondary N) is 1. The highest BCUT2D eigenvalue weighted by Crippen LogP contribution is 2.25. The van der Waals surface area contributed by atoms with Crippen molar-refractivity contribution in [3.8, 4) is 17.0 Å². The molecule has 0 aliphatic rings. The van der Waals surface area contributed by atoms with Crippen LogP contribution in [0.15, 0.2) is 63.9 Å². The number of aromatic nitrogens is 1. The van der Waals surface area contributed by atoms with E-state index in [1.54, 1.807) is 0 Å². The van der Waals surface area contributed by atoms with E-state index in [0.29, 0.717) is 5.13 Å². The quantitative estimate of drug-likeness (QED) is 0.359. The summed E-state index contributed by atoms with van der Waals surface area (Å²) in [5.41, 5.74) is 4.65. The Kier molecular flexibility index (Phi) is 4.79. The standard InChI is InChI=1S/C16H13N3O4S2/c20-15-7-6-13(25(21,22)23)8-12(15)9-17-19-16-18-14(10-24-16)11-4-2-1-3-5-11/h1-10,20H,(H,18,19)(H,21,22,23). The van der Waals surface area contributed by atoms with Crippen molar-refractivity contribution in [1.82, 2.24) is 4.98 Å². The fraction of sp³-hybridized carbons (Fsp3) is 0. The largest absolute Gasteiger partial charge is 0.507 e. The average molecular weight is 375 g/mol. The monoisotopic (exact) mass is 375 g/mol. The Balaban J connectivity index is 1.75. The molecule has 0 spiro atoms. The van der Waals surface area contributed by atoms with Gasteiger partial charge in [-0.1, -0.05) is 30.3 Å². The van der Waals surface area contributed by atoms with Crippen LogP contribution in [0, 0.1) is 0 Å². The number of hydrazone groups is 1. The lowest BCUT2D eigenvalue weighted by Gasteiger charge is -2.01. The molecule has 1 heterocycles. The van der Waals surface area contributed by atoms with Crippen molar-refractivity contribution >= 4 is 32.8 Å². The molecule has 0 saturated carbocycles. The molecule has 1 aromatic heterocycles. The van der Waals surface area contributed by atoms with E-state index in [1.807, 2.05) is 35.7 Å². The molecule has 2 aromatic carbocycles. The summed E-state index contributed by atoms with van der Waals surface area (Å²) < 4.78 is 31.3. The maximum absolute atomic E-state index is 11.1. The van der Waals surface area contributed by atoms with Crippen LogP contribution < -0.4 is 5.43 Å². The lowest BCUT2D eigenvalue weighted by molar-refractivity contribution is 0.472. The fourth-order valence-electron chi connectivity index (χ4n) is 2.02. The minimum absolute atomic E-state index is 0.141. The molecule has 128 valence electrons. The van der Waals surface area contributed by atoms with E-state index < -0.39 is 10.1 Å². The van der Waals surface area contributed by atoms with Crippen LogP contribution in [-0.2, 0) is 10.1 Å². The highest BCUT2D eigenvalue weighted by Gasteiger charge is 2.11. The van der Waals surface area contributed by atoms with Crippen LogP contribution in [0.4, 0.5) is 5.13 Å². The maximum Gasteiger partial charge on any atom is 0.294 e. The van der Waals surface area contributed by atoms with Gasteiger partial charge in [0.05, 0.1) is 16.8 Å². The van der Waals surface area contributed by atoms with Crippen molar-refractivity contribution in [2.45, 2.75) is 4.90 Å². The molecule has 25 heavy (non-hydrogen) atoms. The van der Waals surface area contributed by atoms with Crippen molar-refractivity contribution in [1.29, 1.82) is 0 Å². The van der Waals surface area contributed by atoms with E-state index in [-0.39, 0.29) is 16.2 Å². The Hall–Kier alpha value is -2.75. The Labute approximate surface area is 148 Å². The van der Waals surface area contributed by atoms with Crippen molar-refractivity contribution in [2.75, 3.05) is 5.43 Å². The van der Waals surface area contributed by atoms with E-state index in [0.717, 1.165) is 23.4 Å². The molecule has 9 heteroatoms. The average Bonchev–Trinajstić information content (AvgIpc) is 3.05. The zero-order chi connectivity index (χ0) is 17.9. The predicted molar refractivity (Wildman–Crippen MR) is 96.7 cm³/mol. The summed E-state index contributed by atoms with van der Waals surface area (Å²) in [5.74, 6) is -0.165. The van der Waals surface area contributed by atoms with Gasteiger partial charge in [0.2, 0.25) is 5.13 Å². The van der Waals surface area contributed by atoms with Gasteiger partial charge in [-0.3, -0.25) is 9.98 Å². The smallest absolute Gasteiger partial charge is 0.294 e. The number of nitrogens with zero attached hydrogens (tertiary/aromatic N) is 2. The van der Waals surface area contributed by atoms with E-state index in [4.69, 9.17) is 4.55 Å². The number of anilines is 1. The molecule has 0 saturated heterocycles. The molecular weight excluding hydrogens is 362 g/mol. The third-order valence-corrected chi connectivity index (χ3v) is 4.83. The number of thiazole rings is 1. The van der Waals surface area contributed by atoms with Crippen molar-refractivity contribution in [3.63, 3.8) is 0 Å². The number of hydrogen-bond donors (Lipinski definition) is 3. The molecule has 3 N–H and O–H groups in total. The Bertz CT molecular complexity index is 1010. The summed E-state index contributed by atoms with van der Waals surface area (Å²) in [4.78, 5) is 4.06. The SMILES string of the molecule is O=S(=O)(O)c1ccc(O)c(C=NNc2nc(-c3ccccc3)cs2)c1. The molecule has 0 radical (unpaired) electrons. The van der Waals surface area contributed by atoms with Gasteiger partial charge in [-0.05, 0) is 18.2 Å². The topological polar surface area (TPSA) is 112 Å². The number of phenols is 1. The van der Waals surface area contributed by atoms with Gasteiger partial charge in [0.15, 0.2) is 0 Å². The number of phenolic OH excluding ortho intramolecular Hbond substituents is 1. The van der Waals surface area contributed by atoms with Gasteiger partial charge in [0, 0.05) is 16.5 Å². The Morgan fingerprint density at radius 1 is 1.16 bits per heavy atom. The molecule has 7 nitrogen and oxygen atoms in total. The summed E-state index contributed by atoms with van der Waals surface area (Å²) in [6.07, 6.45) is 1.24. The van der Waals surface area contributed by atoms with Crippen LogP contribution in [0.25, 0.3) is 11.3 Å². The van der Waals surface area contributed by atoms with Gasteiger partial charge in [0.25, 0.3) is 10.1 Å². The molecule has 0 unspecified atom stereocenters. The van der Waals surface area contributed by atoms with E-state index in [9.17, 15) is 13.5 Å². The van der Waals surface area contributed by atoms with Crippen molar-refractivity contribution in [3.05, 3.63) is 59.5 Å². The minimum atomic E-state index is -4.35. The lowest BCUT2D eigenvalue weighted by atomic mass is 10.2. The molecule has 0 amide bonds. The number of benzene rings is 2. The van der Waals surface area contributed by atoms with Crippen molar-refractivity contribution in [2.24, 2.45) is 5.10 Å². The summed E-state index contributed by atoms with van der Waals surface area (Å²) >= 11 is 1.36. The van der Waals surface area contributed by atoms with Gasteiger partial charge in [-0.25, -0.2) is 4.98 Å². The lowest BCUT2D eigenvalue weighted by Crippen LogP contribution is -1.99. The van der Waals surface area contributed by atoms with Gasteiger partial charge in [-0.15, -0.1) is 11.3 Å². The normalized spacial score (nSPS) is 11.7. The van der Waals surface area contributed by atoms with E-state index in [1.165, 1.54) is 23.6 Å². The van der Waals surface area contributed by atoms with Gasteiger partial charge in [0.1, 0.15) is 5.75 Å². The molecule has 3 aromatic rings. The van der Waals surface area contributed by atoms with E-state index in [2.05, 4.69) is 15.5 Å². The number of rotatable bonds is 5. The first-order valence-electron chi connectivity index (χ1n) is 7.04. The molecule has 0 bridgehead atoms. The Morgan fingerprint density at radius 2 is 1.92 bits per heavy atom. The summed E-state index contributed by atoms with van der Waals surface area (Å²) in [6.45, 7) is 0. The van der Waals surface area contributed by atoms with Crippen LogP contribution >= 0.6 is 11.3 Å². The second kappa shape index (κ2) is 7.01. The second-order valence-electron chi connectivity index (χ2n) is 4.97. The zero-order valence-electron chi connectivity index (χ0n) is 12.7. The first-order chi connectivity index (χ1) is 11.9. The van der Waals surface area contributed by atoms with Crippen LogP contribution in [0.2, 0.25) is 0 Å². The summed E-state index contributed by atoms with van der Waals surface area (Å²) in [7, 11) is -4.35. The summed E-state index contributed by atoms with van der Waals surface area (Å²) in [5, 5.41) is 16.1. The molecule has 0 aliphatic carbocycles. The van der Waals surface area contributed by atoms with Gasteiger partial charge in [-0.2, -0.15) is 13.5 Å². The van der Waals surface area contributed by atoms with Crippen LogP contribution in [0.5, 0.6) is 5.75 Å².